The minimum absolute atomic E-state index is 0.119. The van der Waals surface area contributed by atoms with Gasteiger partial charge in [-0.25, -0.2) is 4.98 Å². The Balaban J connectivity index is 1.64. The van der Waals surface area contributed by atoms with E-state index in [4.69, 9.17) is 10.7 Å². The molecular formula is C22H26N4O2S. The number of unbranched alkanes of at least 4 members (excludes halogenated alkanes) is 3. The lowest BCUT2D eigenvalue weighted by molar-refractivity contribution is -0.113. The van der Waals surface area contributed by atoms with Crippen molar-refractivity contribution in [1.29, 1.82) is 0 Å². The van der Waals surface area contributed by atoms with E-state index in [2.05, 4.69) is 22.9 Å². The molecular weight excluding hydrogens is 384 g/mol. The summed E-state index contributed by atoms with van der Waals surface area (Å²) >= 11 is 1.44. The number of nitrogens with zero attached hydrogens (tertiary/aromatic N) is 2. The van der Waals surface area contributed by atoms with Crippen LogP contribution in [0.4, 0.5) is 5.69 Å². The van der Waals surface area contributed by atoms with E-state index in [9.17, 15) is 9.59 Å². The van der Waals surface area contributed by atoms with E-state index in [1.807, 2.05) is 18.2 Å². The minimum Gasteiger partial charge on any atom is -0.366 e. The average Bonchev–Trinajstić information content (AvgIpc) is 3.07. The van der Waals surface area contributed by atoms with Gasteiger partial charge in [0.05, 0.1) is 16.8 Å². The number of aryl methyl sites for hydroxylation is 1. The second kappa shape index (κ2) is 10.1. The van der Waals surface area contributed by atoms with Gasteiger partial charge in [-0.1, -0.05) is 50.1 Å². The van der Waals surface area contributed by atoms with Crippen molar-refractivity contribution in [3.63, 3.8) is 0 Å². The molecule has 0 spiro atoms. The maximum absolute atomic E-state index is 12.4. The van der Waals surface area contributed by atoms with Crippen molar-refractivity contribution in [3.8, 4) is 0 Å². The molecule has 0 aliphatic rings. The van der Waals surface area contributed by atoms with Crippen LogP contribution in [0.25, 0.3) is 11.0 Å². The molecule has 6 nitrogen and oxygen atoms in total. The van der Waals surface area contributed by atoms with Crippen LogP contribution in [0.1, 0.15) is 43.0 Å². The van der Waals surface area contributed by atoms with E-state index in [1.165, 1.54) is 31.0 Å². The number of hydrogen-bond donors (Lipinski definition) is 2. The minimum atomic E-state index is -0.490. The fourth-order valence-corrected chi connectivity index (χ4v) is 3.96. The van der Waals surface area contributed by atoms with Gasteiger partial charge in [0.15, 0.2) is 5.16 Å². The Labute approximate surface area is 174 Å². The van der Waals surface area contributed by atoms with Crippen LogP contribution in [0, 0.1) is 0 Å². The van der Waals surface area contributed by atoms with Crippen LogP contribution < -0.4 is 11.1 Å². The molecule has 29 heavy (non-hydrogen) atoms. The topological polar surface area (TPSA) is 90.0 Å². The zero-order valence-corrected chi connectivity index (χ0v) is 17.4. The number of primary amides is 1. The Morgan fingerprint density at radius 2 is 1.83 bits per heavy atom. The Morgan fingerprint density at radius 3 is 2.55 bits per heavy atom. The van der Waals surface area contributed by atoms with E-state index in [-0.39, 0.29) is 11.7 Å². The fraction of sp³-hybridized carbons (Fsp3) is 0.318. The third-order valence-electron chi connectivity index (χ3n) is 4.64. The Kier molecular flexibility index (Phi) is 7.30. The normalized spacial score (nSPS) is 10.9. The van der Waals surface area contributed by atoms with Crippen LogP contribution in [-0.4, -0.2) is 27.1 Å². The molecule has 0 aliphatic heterocycles. The maximum Gasteiger partial charge on any atom is 0.248 e. The number of anilines is 1. The van der Waals surface area contributed by atoms with E-state index in [1.54, 1.807) is 24.3 Å². The van der Waals surface area contributed by atoms with Crippen LogP contribution in [0.5, 0.6) is 0 Å². The van der Waals surface area contributed by atoms with Crippen molar-refractivity contribution < 1.29 is 9.59 Å². The number of para-hydroxylation sites is 2. The van der Waals surface area contributed by atoms with E-state index >= 15 is 0 Å². The summed E-state index contributed by atoms with van der Waals surface area (Å²) in [5, 5.41) is 3.71. The molecule has 0 saturated heterocycles. The van der Waals surface area contributed by atoms with Gasteiger partial charge in [-0.15, -0.1) is 0 Å². The lowest BCUT2D eigenvalue weighted by Crippen LogP contribution is -2.15. The molecule has 1 heterocycles. The maximum atomic E-state index is 12.4. The first-order chi connectivity index (χ1) is 14.1. The van der Waals surface area contributed by atoms with Crippen molar-refractivity contribution in [2.24, 2.45) is 5.73 Å². The summed E-state index contributed by atoms with van der Waals surface area (Å²) in [6.07, 6.45) is 4.72. The first-order valence-corrected chi connectivity index (χ1v) is 10.8. The predicted octanol–water partition coefficient (Wildman–Crippen LogP) is 4.45. The van der Waals surface area contributed by atoms with Gasteiger partial charge in [-0.3, -0.25) is 9.59 Å². The summed E-state index contributed by atoms with van der Waals surface area (Å²) < 4.78 is 2.21. The number of amides is 2. The van der Waals surface area contributed by atoms with E-state index < -0.39 is 5.91 Å². The number of nitrogens with one attached hydrogen (secondary N) is 1. The zero-order valence-electron chi connectivity index (χ0n) is 16.6. The standard InChI is InChI=1S/C22H26N4O2S/c1-2-3-4-7-14-26-19-9-6-5-8-18(19)25-22(26)29-15-20(27)24-17-12-10-16(11-13-17)21(23)28/h5-6,8-13H,2-4,7,14-15H2,1H3,(H2,23,28)(H,24,27). The highest BCUT2D eigenvalue weighted by molar-refractivity contribution is 7.99. The molecule has 3 rings (SSSR count). The van der Waals surface area contributed by atoms with Gasteiger partial charge in [0.25, 0.3) is 0 Å². The molecule has 1 aromatic heterocycles. The molecule has 0 saturated carbocycles. The third-order valence-corrected chi connectivity index (χ3v) is 5.62. The summed E-state index contributed by atoms with van der Waals surface area (Å²) in [6.45, 7) is 3.10. The highest BCUT2D eigenvalue weighted by Crippen LogP contribution is 2.25. The number of rotatable bonds is 10. The molecule has 0 fully saturated rings. The molecule has 2 amide bonds. The average molecular weight is 411 g/mol. The number of fused-ring (bicyclic) bond motifs is 1. The molecule has 0 radical (unpaired) electrons. The zero-order chi connectivity index (χ0) is 20.6. The van der Waals surface area contributed by atoms with Gasteiger partial charge >= 0.3 is 0 Å². The molecule has 3 aromatic rings. The Morgan fingerprint density at radius 1 is 1.07 bits per heavy atom. The lowest BCUT2D eigenvalue weighted by Gasteiger charge is -2.09. The third kappa shape index (κ3) is 5.60. The SMILES string of the molecule is CCCCCCn1c(SCC(=O)Nc2ccc(C(N)=O)cc2)nc2ccccc21. The van der Waals surface area contributed by atoms with Gasteiger partial charge in [0.2, 0.25) is 11.8 Å². The number of carbonyl (C=O) groups is 2. The monoisotopic (exact) mass is 410 g/mol. The van der Waals surface area contributed by atoms with Crippen molar-refractivity contribution in [2.75, 3.05) is 11.1 Å². The molecule has 0 unspecified atom stereocenters. The molecule has 0 atom stereocenters. The predicted molar refractivity (Wildman–Crippen MR) is 118 cm³/mol. The van der Waals surface area contributed by atoms with Crippen LogP contribution in [0.15, 0.2) is 53.7 Å². The quantitative estimate of drug-likeness (QED) is 0.382. The summed E-state index contributed by atoms with van der Waals surface area (Å²) in [5.41, 5.74) is 8.34. The lowest BCUT2D eigenvalue weighted by atomic mass is 10.2. The number of thioether (sulfide) groups is 1. The summed E-state index contributed by atoms with van der Waals surface area (Å²) in [4.78, 5) is 28.2. The number of aromatic nitrogens is 2. The first kappa shape index (κ1) is 20.9. The molecule has 0 bridgehead atoms. The van der Waals surface area contributed by atoms with Crippen molar-refractivity contribution in [2.45, 2.75) is 44.3 Å². The van der Waals surface area contributed by atoms with Gasteiger partial charge < -0.3 is 15.6 Å². The van der Waals surface area contributed by atoms with Gasteiger partial charge in [0, 0.05) is 17.8 Å². The van der Waals surface area contributed by atoms with E-state index in [0.717, 1.165) is 29.2 Å². The summed E-state index contributed by atoms with van der Waals surface area (Å²) in [7, 11) is 0. The van der Waals surface area contributed by atoms with Crippen LogP contribution >= 0.6 is 11.8 Å². The van der Waals surface area contributed by atoms with Crippen molar-refractivity contribution >= 4 is 40.3 Å². The molecule has 7 heteroatoms. The molecule has 3 N–H and O–H groups in total. The first-order valence-electron chi connectivity index (χ1n) is 9.86. The van der Waals surface area contributed by atoms with E-state index in [0.29, 0.717) is 11.3 Å². The van der Waals surface area contributed by atoms with Crippen molar-refractivity contribution in [1.82, 2.24) is 9.55 Å². The van der Waals surface area contributed by atoms with Crippen LogP contribution in [-0.2, 0) is 11.3 Å². The van der Waals surface area contributed by atoms with Gasteiger partial charge in [0.1, 0.15) is 0 Å². The molecule has 0 aliphatic carbocycles. The Hall–Kier alpha value is -2.80. The van der Waals surface area contributed by atoms with Crippen LogP contribution in [0.3, 0.4) is 0 Å². The number of benzene rings is 2. The summed E-state index contributed by atoms with van der Waals surface area (Å²) in [5.74, 6) is -0.349. The molecule has 2 aromatic carbocycles. The highest BCUT2D eigenvalue weighted by atomic mass is 32.2. The largest absolute Gasteiger partial charge is 0.366 e. The second-order valence-electron chi connectivity index (χ2n) is 6.87. The van der Waals surface area contributed by atoms with Crippen molar-refractivity contribution in [3.05, 3.63) is 54.1 Å². The number of imidazole rings is 1. The summed E-state index contributed by atoms with van der Waals surface area (Å²) in [6, 6.07) is 14.6. The Bertz CT molecular complexity index is 982. The number of carbonyl (C=O) groups excluding carboxylic acids is 2. The number of nitrogens with two attached hydrogens (primary N) is 1. The second-order valence-corrected chi connectivity index (χ2v) is 7.82. The van der Waals surface area contributed by atoms with Gasteiger partial charge in [-0.05, 0) is 42.8 Å². The number of hydrogen-bond acceptors (Lipinski definition) is 4. The molecule has 152 valence electrons. The smallest absolute Gasteiger partial charge is 0.248 e. The fourth-order valence-electron chi connectivity index (χ4n) is 3.12. The van der Waals surface area contributed by atoms with Gasteiger partial charge in [-0.2, -0.15) is 0 Å². The highest BCUT2D eigenvalue weighted by Gasteiger charge is 2.13. The van der Waals surface area contributed by atoms with Crippen LogP contribution in [0.2, 0.25) is 0 Å².